The van der Waals surface area contributed by atoms with Crippen molar-refractivity contribution >= 4 is 11.7 Å². The average molecular weight is 294 g/mol. The van der Waals surface area contributed by atoms with Crippen molar-refractivity contribution in [3.05, 3.63) is 23.6 Å². The third kappa shape index (κ3) is 3.69. The minimum Gasteiger partial charge on any atom is -0.370 e. The van der Waals surface area contributed by atoms with E-state index in [0.29, 0.717) is 37.1 Å². The quantitative estimate of drug-likeness (QED) is 0.920. The van der Waals surface area contributed by atoms with Crippen molar-refractivity contribution in [2.45, 2.75) is 25.8 Å². The molecule has 1 unspecified atom stereocenters. The SMILES string of the molecule is CCNc1ncc(F)cc1C(=O)N1CCCC(N(C)C)C1. The van der Waals surface area contributed by atoms with Gasteiger partial charge in [0.1, 0.15) is 11.6 Å². The molecule has 1 aromatic rings. The molecule has 1 fully saturated rings. The highest BCUT2D eigenvalue weighted by molar-refractivity contribution is 5.98. The van der Waals surface area contributed by atoms with Gasteiger partial charge in [-0.05, 0) is 39.9 Å². The van der Waals surface area contributed by atoms with E-state index in [1.54, 1.807) is 4.90 Å². The summed E-state index contributed by atoms with van der Waals surface area (Å²) in [7, 11) is 4.04. The van der Waals surface area contributed by atoms with E-state index >= 15 is 0 Å². The van der Waals surface area contributed by atoms with E-state index in [2.05, 4.69) is 15.2 Å². The number of likely N-dealkylation sites (N-methyl/N-ethyl adjacent to an activating group) is 1. The third-order valence-corrected chi connectivity index (χ3v) is 3.84. The topological polar surface area (TPSA) is 48.5 Å². The second-order valence-electron chi connectivity index (χ2n) is 5.59. The van der Waals surface area contributed by atoms with Crippen LogP contribution in [0.15, 0.2) is 12.3 Å². The predicted molar refractivity (Wildman–Crippen MR) is 81.0 cm³/mol. The molecule has 5 nitrogen and oxygen atoms in total. The van der Waals surface area contributed by atoms with Crippen LogP contribution in [-0.2, 0) is 0 Å². The van der Waals surface area contributed by atoms with Crippen LogP contribution in [0.4, 0.5) is 10.2 Å². The lowest BCUT2D eigenvalue weighted by Gasteiger charge is -2.36. The van der Waals surface area contributed by atoms with Crippen molar-refractivity contribution in [1.29, 1.82) is 0 Å². The number of halogens is 1. The highest BCUT2D eigenvalue weighted by Crippen LogP contribution is 2.20. The van der Waals surface area contributed by atoms with E-state index in [4.69, 9.17) is 0 Å². The second-order valence-corrected chi connectivity index (χ2v) is 5.59. The van der Waals surface area contributed by atoms with Crippen LogP contribution in [0.2, 0.25) is 0 Å². The van der Waals surface area contributed by atoms with Crippen molar-refractivity contribution in [3.63, 3.8) is 0 Å². The fraction of sp³-hybridized carbons (Fsp3) is 0.600. The van der Waals surface area contributed by atoms with Crippen molar-refractivity contribution < 1.29 is 9.18 Å². The lowest BCUT2D eigenvalue weighted by Crippen LogP contribution is -2.47. The number of rotatable bonds is 4. The Morgan fingerprint density at radius 2 is 2.33 bits per heavy atom. The maximum atomic E-state index is 13.5. The maximum Gasteiger partial charge on any atom is 0.257 e. The summed E-state index contributed by atoms with van der Waals surface area (Å²) in [5.41, 5.74) is 0.316. The minimum absolute atomic E-state index is 0.149. The van der Waals surface area contributed by atoms with Gasteiger partial charge in [0.05, 0.1) is 11.8 Å². The van der Waals surface area contributed by atoms with Gasteiger partial charge in [-0.2, -0.15) is 0 Å². The number of nitrogens with zero attached hydrogens (tertiary/aromatic N) is 3. The molecule has 116 valence electrons. The van der Waals surface area contributed by atoms with E-state index in [-0.39, 0.29) is 5.91 Å². The van der Waals surface area contributed by atoms with E-state index in [9.17, 15) is 9.18 Å². The molecule has 0 bridgehead atoms. The lowest BCUT2D eigenvalue weighted by atomic mass is 10.0. The Kier molecular flexibility index (Phi) is 5.12. The van der Waals surface area contributed by atoms with Crippen molar-refractivity contribution in [2.75, 3.05) is 39.0 Å². The monoisotopic (exact) mass is 294 g/mol. The molecule has 2 rings (SSSR count). The van der Waals surface area contributed by atoms with Gasteiger partial charge in [-0.15, -0.1) is 0 Å². The molecule has 0 aliphatic carbocycles. The standard InChI is InChI=1S/C15H23FN4O/c1-4-17-14-13(8-11(16)9-18-14)15(21)20-7-5-6-12(10-20)19(2)3/h8-9,12H,4-7,10H2,1-3H3,(H,17,18). The van der Waals surface area contributed by atoms with Gasteiger partial charge in [0.15, 0.2) is 0 Å². The number of hydrogen-bond acceptors (Lipinski definition) is 4. The van der Waals surface area contributed by atoms with Crippen molar-refractivity contribution in [1.82, 2.24) is 14.8 Å². The second kappa shape index (κ2) is 6.85. The maximum absolute atomic E-state index is 13.5. The van der Waals surface area contributed by atoms with Crippen LogP contribution in [-0.4, -0.2) is 60.5 Å². The summed E-state index contributed by atoms with van der Waals surface area (Å²) in [5.74, 6) is -0.179. The van der Waals surface area contributed by atoms with Gasteiger partial charge in [0.25, 0.3) is 5.91 Å². The van der Waals surface area contributed by atoms with Gasteiger partial charge in [-0.3, -0.25) is 4.79 Å². The minimum atomic E-state index is -0.485. The summed E-state index contributed by atoms with van der Waals surface area (Å²) < 4.78 is 13.5. The zero-order valence-corrected chi connectivity index (χ0v) is 12.9. The molecular formula is C15H23FN4O. The molecule has 1 aliphatic heterocycles. The molecule has 21 heavy (non-hydrogen) atoms. The fourth-order valence-electron chi connectivity index (χ4n) is 2.64. The molecule has 0 radical (unpaired) electrons. The van der Waals surface area contributed by atoms with Gasteiger partial charge in [0, 0.05) is 25.7 Å². The molecule has 1 aliphatic rings. The number of piperidine rings is 1. The van der Waals surface area contributed by atoms with Gasteiger partial charge < -0.3 is 15.1 Å². The summed E-state index contributed by atoms with van der Waals surface area (Å²) in [5, 5.41) is 3.02. The molecule has 1 N–H and O–H groups in total. The number of likely N-dealkylation sites (tertiary alicyclic amines) is 1. The summed E-state index contributed by atoms with van der Waals surface area (Å²) in [6.45, 7) is 3.95. The summed E-state index contributed by atoms with van der Waals surface area (Å²) in [6, 6.07) is 1.62. The van der Waals surface area contributed by atoms with Crippen LogP contribution in [0.3, 0.4) is 0 Å². The van der Waals surface area contributed by atoms with Gasteiger partial charge in [-0.25, -0.2) is 9.37 Å². The molecule has 1 aromatic heterocycles. The molecule has 1 atom stereocenters. The van der Waals surface area contributed by atoms with Crippen molar-refractivity contribution in [2.24, 2.45) is 0 Å². The Balaban J connectivity index is 2.20. The van der Waals surface area contributed by atoms with E-state index in [1.165, 1.54) is 6.07 Å². The zero-order valence-electron chi connectivity index (χ0n) is 12.9. The lowest BCUT2D eigenvalue weighted by molar-refractivity contribution is 0.0635. The first-order valence-electron chi connectivity index (χ1n) is 7.38. The zero-order chi connectivity index (χ0) is 15.4. The highest BCUT2D eigenvalue weighted by Gasteiger charge is 2.27. The molecule has 2 heterocycles. The van der Waals surface area contributed by atoms with Gasteiger partial charge in [0.2, 0.25) is 0 Å². The number of carbonyl (C=O) groups excluding carboxylic acids is 1. The summed E-state index contributed by atoms with van der Waals surface area (Å²) >= 11 is 0. The first-order chi connectivity index (χ1) is 10.0. The molecule has 1 amide bonds. The third-order valence-electron chi connectivity index (χ3n) is 3.84. The first kappa shape index (κ1) is 15.7. The van der Waals surface area contributed by atoms with Gasteiger partial charge in [-0.1, -0.05) is 0 Å². The van der Waals surface area contributed by atoms with Crippen LogP contribution in [0.1, 0.15) is 30.1 Å². The molecule has 0 aromatic carbocycles. The predicted octanol–water partition coefficient (Wildman–Crippen LogP) is 1.82. The Morgan fingerprint density at radius 1 is 1.57 bits per heavy atom. The fourth-order valence-corrected chi connectivity index (χ4v) is 2.64. The summed E-state index contributed by atoms with van der Waals surface area (Å²) in [6.07, 6.45) is 3.18. The smallest absolute Gasteiger partial charge is 0.257 e. The Hall–Kier alpha value is -1.69. The Morgan fingerprint density at radius 3 is 3.00 bits per heavy atom. The molecule has 0 spiro atoms. The number of hydrogen-bond donors (Lipinski definition) is 1. The Bertz CT molecular complexity index is 506. The molecule has 1 saturated heterocycles. The van der Waals surface area contributed by atoms with E-state index in [1.807, 2.05) is 21.0 Å². The van der Waals surface area contributed by atoms with E-state index < -0.39 is 5.82 Å². The molecular weight excluding hydrogens is 271 g/mol. The number of nitrogens with one attached hydrogen (secondary N) is 1. The van der Waals surface area contributed by atoms with Crippen LogP contribution < -0.4 is 5.32 Å². The normalized spacial score (nSPS) is 18.9. The number of aromatic nitrogens is 1. The number of pyridine rings is 1. The van der Waals surface area contributed by atoms with Crippen LogP contribution >= 0.6 is 0 Å². The largest absolute Gasteiger partial charge is 0.370 e. The Labute approximate surface area is 125 Å². The number of amides is 1. The van der Waals surface area contributed by atoms with Crippen LogP contribution in [0, 0.1) is 5.82 Å². The molecule has 6 heteroatoms. The summed E-state index contributed by atoms with van der Waals surface area (Å²) in [4.78, 5) is 20.6. The average Bonchev–Trinajstić information content (AvgIpc) is 2.48. The van der Waals surface area contributed by atoms with Crippen LogP contribution in [0.5, 0.6) is 0 Å². The van der Waals surface area contributed by atoms with E-state index in [0.717, 1.165) is 19.0 Å². The van der Waals surface area contributed by atoms with Crippen molar-refractivity contribution in [3.8, 4) is 0 Å². The number of carbonyl (C=O) groups is 1. The highest BCUT2D eigenvalue weighted by atomic mass is 19.1. The van der Waals surface area contributed by atoms with Crippen LogP contribution in [0.25, 0.3) is 0 Å². The van der Waals surface area contributed by atoms with Gasteiger partial charge >= 0.3 is 0 Å². The molecule has 0 saturated carbocycles. The first-order valence-corrected chi connectivity index (χ1v) is 7.38. The number of anilines is 1.